The number of sulfonamides is 1. The topological polar surface area (TPSA) is 84.4 Å². The Bertz CT molecular complexity index is 919. The minimum Gasteiger partial charge on any atom is -0.477 e. The Kier molecular flexibility index (Phi) is 6.10. The summed E-state index contributed by atoms with van der Waals surface area (Å²) in [6.45, 7) is 0.683. The number of ether oxygens (including phenoxy) is 1. The molecule has 2 fully saturated rings. The molecule has 1 aliphatic carbocycles. The van der Waals surface area contributed by atoms with Gasteiger partial charge in [-0.1, -0.05) is 6.92 Å². The molecular weight excluding hydrogens is 454 g/mol. The lowest BCUT2D eigenvalue weighted by Crippen LogP contribution is -2.49. The van der Waals surface area contributed by atoms with E-state index in [1.807, 2.05) is 0 Å². The number of aromatic nitrogens is 2. The molecule has 2 heterocycles. The Labute approximate surface area is 175 Å². The summed E-state index contributed by atoms with van der Waals surface area (Å²) in [6.07, 6.45) is -6.05. The molecule has 1 aromatic heterocycles. The third kappa shape index (κ3) is 5.70. The van der Waals surface area contributed by atoms with Crippen LogP contribution in [0.1, 0.15) is 31.7 Å². The molecule has 1 saturated heterocycles. The standard InChI is InChI=1S/C17H22F6N4O3S/c1-15(7-16(19,20)8-15)9-30-13-10(17(21,22)23)5-24-14(26-13)25-12-3-4-27(6-11(12)18)31(2,28)29/h5,11-12H,3-4,6-9H2,1-2H3,(H,24,25,26)/t11-,12-/m1/s1. The summed E-state index contributed by atoms with van der Waals surface area (Å²) in [6, 6.07) is -0.926. The van der Waals surface area contributed by atoms with E-state index in [0.717, 1.165) is 10.6 Å². The van der Waals surface area contributed by atoms with Crippen molar-refractivity contribution in [2.75, 3.05) is 31.3 Å². The molecule has 0 amide bonds. The van der Waals surface area contributed by atoms with Crippen molar-refractivity contribution in [3.05, 3.63) is 11.8 Å². The van der Waals surface area contributed by atoms with Crippen LogP contribution in [-0.4, -0.2) is 66.8 Å². The number of hydrogen-bond acceptors (Lipinski definition) is 6. The van der Waals surface area contributed by atoms with Gasteiger partial charge in [-0.2, -0.15) is 22.5 Å². The molecule has 2 aliphatic rings. The second-order valence-electron chi connectivity index (χ2n) is 8.40. The molecule has 0 radical (unpaired) electrons. The summed E-state index contributed by atoms with van der Waals surface area (Å²) >= 11 is 0. The van der Waals surface area contributed by atoms with Crippen molar-refractivity contribution in [2.45, 2.75) is 50.5 Å². The third-order valence-corrected chi connectivity index (χ3v) is 6.54. The average Bonchev–Trinajstić information content (AvgIpc) is 2.58. The van der Waals surface area contributed by atoms with Crippen LogP contribution in [0.2, 0.25) is 0 Å². The normalized spacial score (nSPS) is 26.2. The minimum atomic E-state index is -4.85. The number of anilines is 1. The van der Waals surface area contributed by atoms with E-state index < -0.39 is 77.2 Å². The second-order valence-corrected chi connectivity index (χ2v) is 10.4. The van der Waals surface area contributed by atoms with Crippen molar-refractivity contribution >= 4 is 16.0 Å². The molecule has 0 spiro atoms. The van der Waals surface area contributed by atoms with Gasteiger partial charge in [-0.25, -0.2) is 26.6 Å². The zero-order chi connectivity index (χ0) is 23.2. The highest BCUT2D eigenvalue weighted by molar-refractivity contribution is 7.88. The van der Waals surface area contributed by atoms with Crippen LogP contribution in [0, 0.1) is 5.41 Å². The highest BCUT2D eigenvalue weighted by Crippen LogP contribution is 2.52. The number of nitrogens with zero attached hydrogens (tertiary/aromatic N) is 3. The lowest BCUT2D eigenvalue weighted by atomic mass is 9.68. The van der Waals surface area contributed by atoms with Crippen molar-refractivity contribution in [1.29, 1.82) is 0 Å². The predicted molar refractivity (Wildman–Crippen MR) is 98.2 cm³/mol. The molecule has 1 N–H and O–H groups in total. The molecule has 14 heteroatoms. The van der Waals surface area contributed by atoms with Crippen LogP contribution in [-0.2, 0) is 16.2 Å². The van der Waals surface area contributed by atoms with E-state index >= 15 is 0 Å². The number of nitrogens with one attached hydrogen (secondary N) is 1. The lowest BCUT2D eigenvalue weighted by molar-refractivity contribution is -0.167. The maximum Gasteiger partial charge on any atom is 0.423 e. The van der Waals surface area contributed by atoms with Gasteiger partial charge in [0.2, 0.25) is 27.8 Å². The Morgan fingerprint density at radius 2 is 1.97 bits per heavy atom. The number of hydrogen-bond donors (Lipinski definition) is 1. The highest BCUT2D eigenvalue weighted by Gasteiger charge is 2.54. The summed E-state index contributed by atoms with van der Waals surface area (Å²) in [4.78, 5) is 7.25. The summed E-state index contributed by atoms with van der Waals surface area (Å²) < 4.78 is 110. The molecule has 1 aromatic rings. The quantitative estimate of drug-likeness (QED) is 0.636. The minimum absolute atomic E-state index is 0.0213. The molecule has 1 aliphatic heterocycles. The Morgan fingerprint density at radius 1 is 1.32 bits per heavy atom. The van der Waals surface area contributed by atoms with Crippen LogP contribution >= 0.6 is 0 Å². The number of piperidine rings is 1. The van der Waals surface area contributed by atoms with Crippen LogP contribution in [0.4, 0.5) is 32.3 Å². The molecule has 0 bridgehead atoms. The van der Waals surface area contributed by atoms with E-state index in [1.54, 1.807) is 0 Å². The van der Waals surface area contributed by atoms with Gasteiger partial charge in [-0.05, 0) is 6.42 Å². The molecular formula is C17H22F6N4O3S. The van der Waals surface area contributed by atoms with Gasteiger partial charge in [0.1, 0.15) is 11.7 Å². The van der Waals surface area contributed by atoms with Gasteiger partial charge in [0, 0.05) is 37.5 Å². The van der Waals surface area contributed by atoms with Gasteiger partial charge in [0.05, 0.1) is 18.9 Å². The maximum absolute atomic E-state index is 14.4. The van der Waals surface area contributed by atoms with Gasteiger partial charge in [-0.15, -0.1) is 0 Å². The Hall–Kier alpha value is -1.83. The van der Waals surface area contributed by atoms with E-state index in [1.165, 1.54) is 6.92 Å². The second kappa shape index (κ2) is 7.94. The largest absolute Gasteiger partial charge is 0.477 e. The first kappa shape index (κ1) is 23.8. The smallest absolute Gasteiger partial charge is 0.423 e. The summed E-state index contributed by atoms with van der Waals surface area (Å²) in [5.74, 6) is -4.06. The first-order chi connectivity index (χ1) is 14.1. The first-order valence-corrected chi connectivity index (χ1v) is 11.2. The number of alkyl halides is 6. The van der Waals surface area contributed by atoms with Crippen LogP contribution in [0.15, 0.2) is 6.20 Å². The fourth-order valence-corrected chi connectivity index (χ4v) is 4.64. The van der Waals surface area contributed by atoms with E-state index in [0.29, 0.717) is 6.20 Å². The van der Waals surface area contributed by atoms with Crippen molar-refractivity contribution < 1.29 is 39.5 Å². The fourth-order valence-electron chi connectivity index (χ4n) is 3.79. The SMILES string of the molecule is CC1(COc2nc(N[C@@H]3CCN(S(C)(=O)=O)C[C@H]3F)ncc2C(F)(F)F)CC(F)(F)C1. The molecule has 176 valence electrons. The Balaban J connectivity index is 1.73. The monoisotopic (exact) mass is 476 g/mol. The molecule has 0 aromatic carbocycles. The maximum atomic E-state index is 14.4. The van der Waals surface area contributed by atoms with E-state index in [2.05, 4.69) is 15.3 Å². The van der Waals surface area contributed by atoms with Crippen molar-refractivity contribution in [3.63, 3.8) is 0 Å². The van der Waals surface area contributed by atoms with E-state index in [9.17, 15) is 34.8 Å². The third-order valence-electron chi connectivity index (χ3n) is 5.28. The van der Waals surface area contributed by atoms with Crippen molar-refractivity contribution in [3.8, 4) is 5.88 Å². The van der Waals surface area contributed by atoms with Crippen molar-refractivity contribution in [2.24, 2.45) is 5.41 Å². The summed E-state index contributed by atoms with van der Waals surface area (Å²) in [5.41, 5.74) is -2.27. The summed E-state index contributed by atoms with van der Waals surface area (Å²) in [7, 11) is -3.57. The van der Waals surface area contributed by atoms with Crippen LogP contribution in [0.5, 0.6) is 5.88 Å². The van der Waals surface area contributed by atoms with E-state index in [-0.39, 0.29) is 18.9 Å². The van der Waals surface area contributed by atoms with Gasteiger partial charge in [0.15, 0.2) is 0 Å². The molecule has 1 saturated carbocycles. The van der Waals surface area contributed by atoms with Gasteiger partial charge in [0.25, 0.3) is 0 Å². The van der Waals surface area contributed by atoms with Gasteiger partial charge < -0.3 is 10.1 Å². The molecule has 2 atom stereocenters. The fraction of sp³-hybridized carbons (Fsp3) is 0.765. The molecule has 7 nitrogen and oxygen atoms in total. The van der Waals surface area contributed by atoms with Crippen LogP contribution < -0.4 is 10.1 Å². The van der Waals surface area contributed by atoms with Crippen molar-refractivity contribution in [1.82, 2.24) is 14.3 Å². The average molecular weight is 476 g/mol. The zero-order valence-corrected chi connectivity index (χ0v) is 17.5. The highest BCUT2D eigenvalue weighted by atomic mass is 32.2. The van der Waals surface area contributed by atoms with Gasteiger partial charge >= 0.3 is 6.18 Å². The first-order valence-electron chi connectivity index (χ1n) is 9.39. The molecule has 0 unspecified atom stereocenters. The molecule has 3 rings (SSSR count). The Morgan fingerprint density at radius 3 is 2.48 bits per heavy atom. The molecule has 31 heavy (non-hydrogen) atoms. The lowest BCUT2D eigenvalue weighted by Gasteiger charge is -2.44. The summed E-state index contributed by atoms with van der Waals surface area (Å²) in [5, 5.41) is 2.57. The number of halogens is 6. The van der Waals surface area contributed by atoms with Gasteiger partial charge in [-0.3, -0.25) is 0 Å². The van der Waals surface area contributed by atoms with E-state index in [4.69, 9.17) is 4.74 Å². The van der Waals surface area contributed by atoms with Crippen LogP contribution in [0.3, 0.4) is 0 Å². The van der Waals surface area contributed by atoms with Crippen LogP contribution in [0.25, 0.3) is 0 Å². The predicted octanol–water partition coefficient (Wildman–Crippen LogP) is 3.09. The number of rotatable bonds is 6. The zero-order valence-electron chi connectivity index (χ0n) is 16.7.